The number of amides is 1. The fraction of sp³-hybridized carbons (Fsp3) is 0.875. The molecule has 0 aromatic rings. The number of hydrogen-bond acceptors (Lipinski definition) is 2. The van der Waals surface area contributed by atoms with Crippen molar-refractivity contribution in [1.29, 1.82) is 0 Å². The van der Waals surface area contributed by atoms with Gasteiger partial charge in [0.25, 0.3) is 0 Å². The third kappa shape index (κ3) is 3.98. The van der Waals surface area contributed by atoms with E-state index in [1.165, 1.54) is 0 Å². The molecule has 0 aliphatic carbocycles. The third-order valence-electron chi connectivity index (χ3n) is 1.72. The predicted molar refractivity (Wildman–Crippen MR) is 44.1 cm³/mol. The van der Waals surface area contributed by atoms with Gasteiger partial charge in [-0.25, -0.2) is 0 Å². The number of rotatable bonds is 4. The Bertz CT molecular complexity index is 125. The summed E-state index contributed by atoms with van der Waals surface area (Å²) in [5.41, 5.74) is 0. The average Bonchev–Trinajstić information content (AvgIpc) is 2.02. The lowest BCUT2D eigenvalue weighted by Crippen LogP contribution is -2.38. The maximum atomic E-state index is 11.1. The molecule has 0 fully saturated rings. The van der Waals surface area contributed by atoms with Crippen LogP contribution in [0.4, 0.5) is 0 Å². The van der Waals surface area contributed by atoms with Gasteiger partial charge in [-0.05, 0) is 13.3 Å². The largest absolute Gasteiger partial charge is 0.394 e. The molecule has 0 rings (SSSR count). The molecule has 0 bridgehead atoms. The molecule has 2 N–H and O–H groups in total. The molecule has 0 aromatic heterocycles. The predicted octanol–water partition coefficient (Wildman–Crippen LogP) is 0.529. The van der Waals surface area contributed by atoms with Crippen LogP contribution in [-0.2, 0) is 4.79 Å². The first-order chi connectivity index (χ1) is 5.11. The molecule has 3 heteroatoms. The summed E-state index contributed by atoms with van der Waals surface area (Å²) in [4.78, 5) is 11.1. The van der Waals surface area contributed by atoms with Crippen LogP contribution in [0.25, 0.3) is 0 Å². The van der Waals surface area contributed by atoms with Gasteiger partial charge in [0.15, 0.2) is 0 Å². The lowest BCUT2D eigenvalue weighted by atomic mass is 10.1. The van der Waals surface area contributed by atoms with E-state index in [0.717, 1.165) is 6.42 Å². The number of carbonyl (C=O) groups excluding carboxylic acids is 1. The van der Waals surface area contributed by atoms with Crippen molar-refractivity contribution in [3.8, 4) is 0 Å². The lowest BCUT2D eigenvalue weighted by molar-refractivity contribution is -0.125. The Morgan fingerprint density at radius 2 is 2.09 bits per heavy atom. The van der Waals surface area contributed by atoms with Crippen LogP contribution in [0.3, 0.4) is 0 Å². The summed E-state index contributed by atoms with van der Waals surface area (Å²) in [6.45, 7) is 5.62. The molecular weight excluding hydrogens is 142 g/mol. The Kier molecular flexibility index (Phi) is 4.86. The molecule has 0 heterocycles. The van der Waals surface area contributed by atoms with Crippen LogP contribution in [0.1, 0.15) is 27.2 Å². The summed E-state index contributed by atoms with van der Waals surface area (Å²) in [5, 5.41) is 11.3. The second-order valence-corrected chi connectivity index (χ2v) is 2.90. The minimum Gasteiger partial charge on any atom is -0.394 e. The van der Waals surface area contributed by atoms with E-state index >= 15 is 0 Å². The van der Waals surface area contributed by atoms with Crippen molar-refractivity contribution >= 4 is 5.91 Å². The molecule has 0 saturated carbocycles. The molecule has 0 aliphatic heterocycles. The van der Waals surface area contributed by atoms with Gasteiger partial charge in [-0.15, -0.1) is 0 Å². The summed E-state index contributed by atoms with van der Waals surface area (Å²) in [6, 6.07) is -0.128. The van der Waals surface area contributed by atoms with Crippen molar-refractivity contribution in [1.82, 2.24) is 5.32 Å². The molecule has 0 aromatic carbocycles. The lowest BCUT2D eigenvalue weighted by Gasteiger charge is -2.13. The van der Waals surface area contributed by atoms with E-state index in [2.05, 4.69) is 5.32 Å². The van der Waals surface area contributed by atoms with Crippen LogP contribution < -0.4 is 5.32 Å². The monoisotopic (exact) mass is 159 g/mol. The van der Waals surface area contributed by atoms with Crippen molar-refractivity contribution in [2.75, 3.05) is 6.61 Å². The molecule has 1 amide bonds. The van der Waals surface area contributed by atoms with Crippen molar-refractivity contribution in [3.05, 3.63) is 0 Å². The van der Waals surface area contributed by atoms with Gasteiger partial charge in [-0.2, -0.15) is 0 Å². The number of carbonyl (C=O) groups is 1. The van der Waals surface area contributed by atoms with Gasteiger partial charge in [-0.3, -0.25) is 4.79 Å². The van der Waals surface area contributed by atoms with Crippen molar-refractivity contribution in [3.63, 3.8) is 0 Å². The number of aliphatic hydroxyl groups excluding tert-OH is 1. The van der Waals surface area contributed by atoms with Crippen LogP contribution >= 0.6 is 0 Å². The Morgan fingerprint density at radius 3 is 2.45 bits per heavy atom. The Morgan fingerprint density at radius 1 is 1.55 bits per heavy atom. The fourth-order valence-corrected chi connectivity index (χ4v) is 0.616. The number of aliphatic hydroxyl groups is 1. The maximum Gasteiger partial charge on any atom is 0.223 e. The zero-order valence-corrected chi connectivity index (χ0v) is 7.42. The normalized spacial score (nSPS) is 15.6. The molecule has 0 spiro atoms. The quantitative estimate of drug-likeness (QED) is 0.628. The van der Waals surface area contributed by atoms with E-state index in [-0.39, 0.29) is 24.5 Å². The molecule has 0 radical (unpaired) electrons. The first-order valence-electron chi connectivity index (χ1n) is 4.03. The summed E-state index contributed by atoms with van der Waals surface area (Å²) >= 11 is 0. The zero-order chi connectivity index (χ0) is 8.85. The highest BCUT2D eigenvalue weighted by Gasteiger charge is 2.11. The highest BCUT2D eigenvalue weighted by atomic mass is 16.3. The Labute approximate surface area is 67.8 Å². The molecule has 2 unspecified atom stereocenters. The molecule has 3 nitrogen and oxygen atoms in total. The maximum absolute atomic E-state index is 11.1. The Hall–Kier alpha value is -0.570. The van der Waals surface area contributed by atoms with Gasteiger partial charge in [0.2, 0.25) is 5.91 Å². The summed E-state index contributed by atoms with van der Waals surface area (Å²) in [6.07, 6.45) is 0.837. The van der Waals surface area contributed by atoms with Crippen LogP contribution in [0.15, 0.2) is 0 Å². The van der Waals surface area contributed by atoms with Crippen molar-refractivity contribution in [2.24, 2.45) is 5.92 Å². The van der Waals surface area contributed by atoms with Gasteiger partial charge >= 0.3 is 0 Å². The van der Waals surface area contributed by atoms with Gasteiger partial charge in [0, 0.05) is 12.0 Å². The van der Waals surface area contributed by atoms with Crippen LogP contribution in [0.5, 0.6) is 0 Å². The second kappa shape index (κ2) is 5.13. The highest BCUT2D eigenvalue weighted by molar-refractivity contribution is 5.78. The smallest absolute Gasteiger partial charge is 0.223 e. The summed E-state index contributed by atoms with van der Waals surface area (Å²) in [5.74, 6) is 0.0676. The van der Waals surface area contributed by atoms with Gasteiger partial charge in [0.1, 0.15) is 0 Å². The van der Waals surface area contributed by atoms with E-state index in [0.29, 0.717) is 0 Å². The van der Waals surface area contributed by atoms with E-state index in [9.17, 15) is 4.79 Å². The van der Waals surface area contributed by atoms with Crippen LogP contribution in [-0.4, -0.2) is 23.7 Å². The summed E-state index contributed by atoms with van der Waals surface area (Å²) in [7, 11) is 0. The zero-order valence-electron chi connectivity index (χ0n) is 7.42. The van der Waals surface area contributed by atoms with Gasteiger partial charge in [0.05, 0.1) is 6.61 Å². The van der Waals surface area contributed by atoms with E-state index in [1.54, 1.807) is 6.92 Å². The van der Waals surface area contributed by atoms with Gasteiger partial charge in [-0.1, -0.05) is 13.8 Å². The van der Waals surface area contributed by atoms with Crippen molar-refractivity contribution in [2.45, 2.75) is 33.2 Å². The minimum atomic E-state index is -0.128. The topological polar surface area (TPSA) is 49.3 Å². The Balaban J connectivity index is 3.68. The molecule has 0 saturated heterocycles. The molecular formula is C8H17NO2. The van der Waals surface area contributed by atoms with Gasteiger partial charge < -0.3 is 10.4 Å². The molecule has 11 heavy (non-hydrogen) atoms. The summed E-state index contributed by atoms with van der Waals surface area (Å²) < 4.78 is 0. The number of nitrogens with one attached hydrogen (secondary N) is 1. The highest BCUT2D eigenvalue weighted by Crippen LogP contribution is 1.99. The SMILES string of the molecule is CCC(C)C(=O)NC(C)CO. The first-order valence-corrected chi connectivity index (χ1v) is 4.03. The van der Waals surface area contributed by atoms with Crippen LogP contribution in [0, 0.1) is 5.92 Å². The van der Waals surface area contributed by atoms with E-state index < -0.39 is 0 Å². The fourth-order valence-electron chi connectivity index (χ4n) is 0.616. The molecule has 0 aliphatic rings. The number of hydrogen-bond donors (Lipinski definition) is 2. The second-order valence-electron chi connectivity index (χ2n) is 2.90. The average molecular weight is 159 g/mol. The minimum absolute atomic E-state index is 0.00216. The molecule has 2 atom stereocenters. The molecule has 66 valence electrons. The third-order valence-corrected chi connectivity index (χ3v) is 1.72. The van der Waals surface area contributed by atoms with Crippen molar-refractivity contribution < 1.29 is 9.90 Å². The first kappa shape index (κ1) is 10.4. The standard InChI is InChI=1S/C8H17NO2/c1-4-6(2)8(11)9-7(3)5-10/h6-7,10H,4-5H2,1-3H3,(H,9,11). The van der Waals surface area contributed by atoms with E-state index in [1.807, 2.05) is 13.8 Å². The van der Waals surface area contributed by atoms with Crippen LogP contribution in [0.2, 0.25) is 0 Å². The van der Waals surface area contributed by atoms with E-state index in [4.69, 9.17) is 5.11 Å².